The van der Waals surface area contributed by atoms with Crippen molar-refractivity contribution in [2.45, 2.75) is 157 Å². The minimum Gasteiger partial charge on any atom is -0.507 e. The molecule has 11 atom stereocenters. The summed E-state index contributed by atoms with van der Waals surface area (Å²) in [6.45, 7) is 16.6. The first kappa shape index (κ1) is 80.2. The number of aliphatic hydroxyl groups excluding tert-OH is 2. The van der Waals surface area contributed by atoms with Crippen LogP contribution in [0, 0.1) is 36.5 Å². The lowest BCUT2D eigenvalue weighted by Crippen LogP contribution is -2.54. The number of aromatic nitrogens is 1. The summed E-state index contributed by atoms with van der Waals surface area (Å²) in [6.07, 6.45) is 6.65. The SMILES string of the molecule is CO[C@H]1/C=C/O[C@@]2(C)Oc3c(C)c(O)c4c(=O)c(c5oc6cc(N7CCN(C(=O)OCc8ccc(NC(=O)[C@H](CCCNC(N)=O)NC(=O)[C@@H](NC(=O)CCCCCN9C(=O)C=CC9=O)C(C)C)cc8)CC7)cc(O)c6nc-5c4c3C2=O)NC(=O)/C(C)=C\C=C\[C@H](C)[C@H](O)[C@@H](C)[C@@H](O)[C@@H](C)[C@H](OC(C)=O)[C@@H]1C. The molecule has 31 heteroatoms. The lowest BCUT2D eigenvalue weighted by Gasteiger charge is -2.38. The van der Waals surface area contributed by atoms with E-state index in [2.05, 4.69) is 26.6 Å². The summed E-state index contributed by atoms with van der Waals surface area (Å²) in [4.78, 5) is 156. The van der Waals surface area contributed by atoms with Crippen LogP contribution < -0.4 is 47.4 Å². The summed E-state index contributed by atoms with van der Waals surface area (Å²) in [5.74, 6) is -11.6. The molecule has 9 rings (SSSR count). The van der Waals surface area contributed by atoms with Crippen LogP contribution in [-0.4, -0.2) is 183 Å². The summed E-state index contributed by atoms with van der Waals surface area (Å²) >= 11 is 0. The number of carbonyl (C=O) groups is 10. The number of esters is 1. The van der Waals surface area contributed by atoms with Gasteiger partial charge in [0.25, 0.3) is 23.5 Å². The number of aromatic hydroxyl groups is 2. The van der Waals surface area contributed by atoms with Crippen molar-refractivity contribution in [2.75, 3.05) is 61.9 Å². The molecule has 574 valence electrons. The highest BCUT2D eigenvalue weighted by Crippen LogP contribution is 2.51. The van der Waals surface area contributed by atoms with Crippen LogP contribution in [0.5, 0.6) is 17.2 Å². The van der Waals surface area contributed by atoms with Gasteiger partial charge < -0.3 is 90.6 Å². The molecule has 4 bridgehead atoms. The second kappa shape index (κ2) is 34.5. The van der Waals surface area contributed by atoms with Crippen molar-refractivity contribution in [2.24, 2.45) is 35.3 Å². The van der Waals surface area contributed by atoms with Crippen molar-refractivity contribution in [3.05, 3.63) is 112 Å². The number of carbonyl (C=O) groups excluding carboxylic acids is 10. The van der Waals surface area contributed by atoms with Gasteiger partial charge >= 0.3 is 23.9 Å². The molecule has 0 saturated carbocycles. The molecule has 107 heavy (non-hydrogen) atoms. The van der Waals surface area contributed by atoms with E-state index in [0.717, 1.165) is 11.2 Å². The number of aliphatic hydroxyl groups is 2. The number of anilines is 3. The number of urea groups is 1. The molecule has 0 spiro atoms. The Bertz CT molecular complexity index is 4390. The van der Waals surface area contributed by atoms with E-state index in [4.69, 9.17) is 38.8 Å². The molecule has 11 N–H and O–H groups in total. The lowest BCUT2D eigenvalue weighted by atomic mass is 9.78. The number of benzene rings is 4. The molecule has 0 unspecified atom stereocenters. The normalized spacial score (nSPS) is 23.8. The highest BCUT2D eigenvalue weighted by molar-refractivity contribution is 6.22. The van der Waals surface area contributed by atoms with Gasteiger partial charge in [0.1, 0.15) is 58.9 Å². The number of hydrogen-bond acceptors (Lipinski definition) is 23. The summed E-state index contributed by atoms with van der Waals surface area (Å²) in [5, 5.41) is 59.9. The van der Waals surface area contributed by atoms with Crippen LogP contribution in [0.15, 0.2) is 93.9 Å². The average molecular weight is 1480 g/mol. The van der Waals surface area contributed by atoms with E-state index in [9.17, 15) is 63.6 Å². The first-order valence-corrected chi connectivity index (χ1v) is 35.6. The van der Waals surface area contributed by atoms with Crippen LogP contribution in [0.3, 0.4) is 0 Å². The number of methoxy groups -OCH3 is 1. The standard InChI is InChI=1S/C76H94N10O21/c1-38(2)59(81-53(89)20-13-12-14-29-86-54(90)25-26-55(86)91)73(99)80-49(19-16-28-78-74(77)100)72(98)79-47-23-21-46(22-24-47)37-103-75(101)85-32-30-84(31-33-85)48-35-50(88)60-52(36-48)106-69-61(82-60)56-57-65(94)44(8)68-58(56)70(96)76(10,107-68)104-34-27-51(102-11)41(5)67(105-45(9)87)43(7)64(93)42(6)63(92)39(3)17-15-18-40(4)71(97)83-62(69)66(57)95/h15,17-18,21-27,34-36,38-39,41-43,49,51,59,63-64,67,88,92-94H,12-14,16,19-20,28-33,37H2,1-11H3,(H,79,98)(H,80,99)(H,81,89)(H,83,97)(H3,77,78,100)/b17-15+,34-27+,40-18-/t39-,41+,42+,43+,49-,51-,59-,63-,64+,67+,76-/m0/s1. The first-order valence-electron chi connectivity index (χ1n) is 35.6. The van der Waals surface area contributed by atoms with Crippen LogP contribution in [0.1, 0.15) is 122 Å². The Balaban J connectivity index is 0.903. The molecule has 0 radical (unpaired) electrons. The smallest absolute Gasteiger partial charge is 0.410 e. The van der Waals surface area contributed by atoms with Gasteiger partial charge in [0.15, 0.2) is 11.3 Å². The number of primary amides is 1. The monoisotopic (exact) mass is 1480 g/mol. The average Bonchev–Trinajstić information content (AvgIpc) is 1.68. The van der Waals surface area contributed by atoms with Crippen LogP contribution in [0.4, 0.5) is 26.7 Å². The highest BCUT2D eigenvalue weighted by Gasteiger charge is 2.50. The number of rotatable bonds is 21. The van der Waals surface area contributed by atoms with Crippen molar-refractivity contribution >= 4 is 98.3 Å². The number of phenols is 2. The number of hydrogen-bond donors (Lipinski definition) is 10. The van der Waals surface area contributed by atoms with Crippen molar-refractivity contribution in [3.8, 4) is 28.7 Å². The molecule has 31 nitrogen and oxygen atoms in total. The number of fused-ring (bicyclic) bond motifs is 2. The molecule has 9 amide bonds. The molecule has 6 aliphatic rings. The third-order valence-corrected chi connectivity index (χ3v) is 19.9. The van der Waals surface area contributed by atoms with Gasteiger partial charge in [-0.1, -0.05) is 78.3 Å². The van der Waals surface area contributed by atoms with Gasteiger partial charge in [-0.2, -0.15) is 0 Å². The molecule has 0 aromatic heterocycles. The van der Waals surface area contributed by atoms with E-state index in [0.29, 0.717) is 36.2 Å². The maximum atomic E-state index is 15.1. The van der Waals surface area contributed by atoms with Gasteiger partial charge in [-0.05, 0) is 69.2 Å². The maximum Gasteiger partial charge on any atom is 0.410 e. The number of Topliss-reactive ketones (excluding diaryl/α,β-unsaturated/α-hetero) is 1. The van der Waals surface area contributed by atoms with E-state index >= 15 is 9.59 Å². The van der Waals surface area contributed by atoms with E-state index in [-0.39, 0.29) is 133 Å². The third kappa shape index (κ3) is 18.3. The number of ketones is 1. The quantitative estimate of drug-likeness (QED) is 0.0121. The van der Waals surface area contributed by atoms with Gasteiger partial charge in [-0.15, -0.1) is 0 Å². The number of allylic oxidation sites excluding steroid dienone is 2. The van der Waals surface area contributed by atoms with Crippen molar-refractivity contribution in [1.82, 2.24) is 30.7 Å². The van der Waals surface area contributed by atoms with Gasteiger partial charge in [-0.25, -0.2) is 14.6 Å². The number of nitrogens with zero attached hydrogens (tertiary/aromatic N) is 4. The van der Waals surface area contributed by atoms with Crippen molar-refractivity contribution < 1.29 is 96.5 Å². The molecule has 1 fully saturated rings. The highest BCUT2D eigenvalue weighted by atomic mass is 16.7. The van der Waals surface area contributed by atoms with Crippen LogP contribution in [0.2, 0.25) is 0 Å². The van der Waals surface area contributed by atoms with Crippen LogP contribution >= 0.6 is 0 Å². The molecule has 5 heterocycles. The number of nitrogens with two attached hydrogens (primary N) is 1. The minimum absolute atomic E-state index is 0.0435. The number of imide groups is 1. The van der Waals surface area contributed by atoms with E-state index in [1.165, 1.54) is 76.2 Å². The summed E-state index contributed by atoms with van der Waals surface area (Å²) in [7, 11) is 1.40. The zero-order valence-electron chi connectivity index (χ0n) is 61.6. The molecular formula is C76H94N10O21. The number of ether oxygens (including phenoxy) is 5. The Morgan fingerprint density at radius 3 is 2.19 bits per heavy atom. The number of nitrogens with one attached hydrogen (secondary N) is 5. The second-order valence-electron chi connectivity index (χ2n) is 28.0. The largest absolute Gasteiger partial charge is 0.507 e. The fourth-order valence-corrected chi connectivity index (χ4v) is 13.6. The molecule has 5 aliphatic heterocycles. The van der Waals surface area contributed by atoms with Crippen LogP contribution in [-0.2, 0) is 59.1 Å². The topological polar surface area (TPSA) is 437 Å². The summed E-state index contributed by atoms with van der Waals surface area (Å²) in [6, 6.07) is 6.50. The third-order valence-electron chi connectivity index (χ3n) is 19.9. The van der Waals surface area contributed by atoms with Gasteiger partial charge in [-0.3, -0.25) is 48.1 Å². The second-order valence-corrected chi connectivity index (χ2v) is 28.0. The summed E-state index contributed by atoms with van der Waals surface area (Å²) in [5.41, 5.74) is 4.38. The van der Waals surface area contributed by atoms with Gasteiger partial charge in [0.2, 0.25) is 23.2 Å². The Labute approximate surface area is 617 Å². The Kier molecular flexibility index (Phi) is 25.9. The molecule has 3 aromatic rings. The van der Waals surface area contributed by atoms with E-state index < -0.39 is 141 Å². The number of amides is 9. The zero-order valence-corrected chi connectivity index (χ0v) is 61.6. The minimum atomic E-state index is -2.18. The molecule has 1 aliphatic carbocycles. The lowest BCUT2D eigenvalue weighted by molar-refractivity contribution is -0.160. The predicted octanol–water partition coefficient (Wildman–Crippen LogP) is 6.61. The van der Waals surface area contributed by atoms with E-state index in [1.54, 1.807) is 78.0 Å². The van der Waals surface area contributed by atoms with Crippen LogP contribution in [0.25, 0.3) is 33.3 Å². The number of phenolic OH excluding ortho intramolecular Hbond substituents is 2. The van der Waals surface area contributed by atoms with Crippen molar-refractivity contribution in [3.63, 3.8) is 0 Å². The Morgan fingerprint density at radius 1 is 0.841 bits per heavy atom. The van der Waals surface area contributed by atoms with E-state index in [1.807, 2.05) is 4.90 Å². The maximum absolute atomic E-state index is 15.1. The fraction of sp³-hybridized carbons (Fsp3) is 0.474. The Hall–Kier alpha value is -10.9. The zero-order chi connectivity index (χ0) is 78.0. The van der Waals surface area contributed by atoms with Crippen molar-refractivity contribution in [1.29, 1.82) is 0 Å². The van der Waals surface area contributed by atoms with Gasteiger partial charge in [0, 0.05) is 143 Å². The number of unbranched alkanes of at least 4 members (excludes halogenated alkanes) is 2. The molecule has 1 saturated heterocycles. The number of piperazine rings is 1. The van der Waals surface area contributed by atoms with Gasteiger partial charge in [0.05, 0.1) is 35.5 Å². The predicted molar refractivity (Wildman–Crippen MR) is 391 cm³/mol. The Morgan fingerprint density at radius 2 is 1.53 bits per heavy atom. The summed E-state index contributed by atoms with van der Waals surface area (Å²) < 4.78 is 36.3. The fourth-order valence-electron chi connectivity index (χ4n) is 13.6. The first-order chi connectivity index (χ1) is 50.7. The molecule has 3 aromatic carbocycles. The molecular weight excluding hydrogens is 1390 g/mol.